The molecule has 3 rings (SSSR count). The van der Waals surface area contributed by atoms with Crippen LogP contribution in [0.1, 0.15) is 15.9 Å². The maximum atomic E-state index is 12.4. The average molecular weight is 371 g/mol. The van der Waals surface area contributed by atoms with Crippen LogP contribution in [0, 0.1) is 0 Å². The molecule has 6 nitrogen and oxygen atoms in total. The van der Waals surface area contributed by atoms with Gasteiger partial charge < -0.3 is 10.2 Å². The van der Waals surface area contributed by atoms with Crippen molar-refractivity contribution in [1.29, 1.82) is 0 Å². The van der Waals surface area contributed by atoms with Crippen LogP contribution in [0.15, 0.2) is 54.1 Å². The van der Waals surface area contributed by atoms with E-state index in [1.54, 1.807) is 18.2 Å². The van der Waals surface area contributed by atoms with Gasteiger partial charge in [0.25, 0.3) is 5.91 Å². The van der Waals surface area contributed by atoms with Gasteiger partial charge in [-0.1, -0.05) is 18.2 Å². The second-order valence-electron chi connectivity index (χ2n) is 6.61. The van der Waals surface area contributed by atoms with E-state index in [1.807, 2.05) is 38.5 Å². The van der Waals surface area contributed by atoms with Crippen molar-refractivity contribution in [2.45, 2.75) is 12.6 Å². The molecule has 1 aliphatic rings. The Bertz CT molecular complexity index is 935. The van der Waals surface area contributed by atoms with E-state index in [0.29, 0.717) is 5.56 Å². The van der Waals surface area contributed by atoms with Gasteiger partial charge in [0.05, 0.1) is 17.5 Å². The highest BCUT2D eigenvalue weighted by atomic mass is 32.2. The van der Waals surface area contributed by atoms with E-state index in [4.69, 9.17) is 0 Å². The van der Waals surface area contributed by atoms with Crippen molar-refractivity contribution in [1.82, 2.24) is 15.2 Å². The van der Waals surface area contributed by atoms with Crippen molar-refractivity contribution in [3.05, 3.63) is 65.2 Å². The van der Waals surface area contributed by atoms with E-state index in [9.17, 15) is 13.2 Å². The normalized spacial score (nSPS) is 18.2. The van der Waals surface area contributed by atoms with E-state index in [-0.39, 0.29) is 11.7 Å². The van der Waals surface area contributed by atoms with Crippen molar-refractivity contribution in [3.63, 3.8) is 0 Å². The Balaban J connectivity index is 1.73. The summed E-state index contributed by atoms with van der Waals surface area (Å²) in [7, 11) is 0.806. The SMILES string of the molecule is CN(C)Cc1ccc(-c2cccc(C(=O)N[C@@H]3C=CS(=O)(=O)C3)c2)nc1. The molecule has 1 aromatic carbocycles. The molecule has 136 valence electrons. The van der Waals surface area contributed by atoms with Gasteiger partial charge in [-0.05, 0) is 43.9 Å². The van der Waals surface area contributed by atoms with Crippen LogP contribution >= 0.6 is 0 Å². The average Bonchev–Trinajstić information content (AvgIpc) is 2.93. The number of hydrogen-bond acceptors (Lipinski definition) is 5. The number of amides is 1. The Morgan fingerprint density at radius 1 is 1.27 bits per heavy atom. The first-order valence-electron chi connectivity index (χ1n) is 8.24. The smallest absolute Gasteiger partial charge is 0.251 e. The van der Waals surface area contributed by atoms with Crippen molar-refractivity contribution >= 4 is 15.7 Å². The Morgan fingerprint density at radius 3 is 2.69 bits per heavy atom. The lowest BCUT2D eigenvalue weighted by molar-refractivity contribution is 0.0947. The first-order valence-corrected chi connectivity index (χ1v) is 9.96. The number of aromatic nitrogens is 1. The van der Waals surface area contributed by atoms with Gasteiger partial charge in [-0.25, -0.2) is 8.42 Å². The summed E-state index contributed by atoms with van der Waals surface area (Å²) < 4.78 is 22.9. The molecule has 0 unspecified atom stereocenters. The molecule has 1 amide bonds. The Morgan fingerprint density at radius 2 is 2.08 bits per heavy atom. The van der Waals surface area contributed by atoms with Crippen LogP contribution < -0.4 is 5.32 Å². The number of carbonyl (C=O) groups is 1. The summed E-state index contributed by atoms with van der Waals surface area (Å²) in [6.07, 6.45) is 3.33. The minimum Gasteiger partial charge on any atom is -0.345 e. The lowest BCUT2D eigenvalue weighted by atomic mass is 10.1. The zero-order chi connectivity index (χ0) is 18.7. The fourth-order valence-corrected chi connectivity index (χ4v) is 4.03. The van der Waals surface area contributed by atoms with Crippen LogP contribution in [0.4, 0.5) is 0 Å². The molecule has 2 aromatic rings. The fraction of sp³-hybridized carbons (Fsp3) is 0.263. The summed E-state index contributed by atoms with van der Waals surface area (Å²) in [6, 6.07) is 10.6. The number of hydrogen-bond donors (Lipinski definition) is 1. The number of nitrogens with one attached hydrogen (secondary N) is 1. The first kappa shape index (κ1) is 18.3. The second-order valence-corrected chi connectivity index (χ2v) is 8.54. The molecule has 7 heteroatoms. The highest BCUT2D eigenvalue weighted by molar-refractivity contribution is 7.94. The van der Waals surface area contributed by atoms with Crippen LogP contribution in [0.2, 0.25) is 0 Å². The molecule has 1 N–H and O–H groups in total. The summed E-state index contributed by atoms with van der Waals surface area (Å²) in [6.45, 7) is 0.813. The predicted molar refractivity (Wildman–Crippen MR) is 101 cm³/mol. The van der Waals surface area contributed by atoms with Crippen molar-refractivity contribution in [3.8, 4) is 11.3 Å². The van der Waals surface area contributed by atoms with Gasteiger partial charge in [-0.15, -0.1) is 0 Å². The number of rotatable bonds is 5. The molecule has 1 atom stereocenters. The first-order chi connectivity index (χ1) is 12.3. The standard InChI is InChI=1S/C19H21N3O3S/c1-22(2)12-14-6-7-18(20-11-14)15-4-3-5-16(10-15)19(23)21-17-8-9-26(24,25)13-17/h3-11,17H,12-13H2,1-2H3,(H,21,23)/t17-/m1/s1. The number of carbonyl (C=O) groups excluding carboxylic acids is 1. The number of benzene rings is 1. The topological polar surface area (TPSA) is 79.4 Å². The van der Waals surface area contributed by atoms with Crippen molar-refractivity contribution < 1.29 is 13.2 Å². The molecule has 1 aromatic heterocycles. The van der Waals surface area contributed by atoms with E-state index in [1.165, 1.54) is 6.08 Å². The lowest BCUT2D eigenvalue weighted by Gasteiger charge is -2.11. The molecule has 0 bridgehead atoms. The van der Waals surface area contributed by atoms with Crippen LogP contribution in [0.3, 0.4) is 0 Å². The minimum atomic E-state index is -3.20. The molecule has 0 saturated carbocycles. The summed E-state index contributed by atoms with van der Waals surface area (Å²) >= 11 is 0. The number of pyridine rings is 1. The molecular formula is C19H21N3O3S. The van der Waals surface area contributed by atoms with Crippen LogP contribution in [-0.2, 0) is 16.4 Å². The molecule has 0 spiro atoms. The number of nitrogens with zero attached hydrogens (tertiary/aromatic N) is 2. The molecule has 0 saturated heterocycles. The maximum absolute atomic E-state index is 12.4. The second kappa shape index (κ2) is 7.39. The Kier molecular flexibility index (Phi) is 5.20. The summed E-state index contributed by atoms with van der Waals surface area (Å²) in [5.41, 5.74) is 3.20. The van der Waals surface area contributed by atoms with Crippen molar-refractivity contribution in [2.75, 3.05) is 19.8 Å². The van der Waals surface area contributed by atoms with Crippen LogP contribution in [0.5, 0.6) is 0 Å². The van der Waals surface area contributed by atoms with Crippen molar-refractivity contribution in [2.24, 2.45) is 0 Å². The molecule has 0 radical (unpaired) electrons. The summed E-state index contributed by atoms with van der Waals surface area (Å²) in [5, 5.41) is 3.88. The van der Waals surface area contributed by atoms with Gasteiger partial charge in [0, 0.05) is 29.3 Å². The van der Waals surface area contributed by atoms with Gasteiger partial charge in [-0.2, -0.15) is 0 Å². The molecule has 0 fully saturated rings. The third kappa shape index (κ3) is 4.56. The predicted octanol–water partition coefficient (Wildman–Crippen LogP) is 1.85. The van der Waals surface area contributed by atoms with E-state index in [2.05, 4.69) is 15.2 Å². The minimum absolute atomic E-state index is 0.0900. The van der Waals surface area contributed by atoms with Crippen LogP contribution in [0.25, 0.3) is 11.3 Å². The van der Waals surface area contributed by atoms with Gasteiger partial charge in [0.2, 0.25) is 0 Å². The quantitative estimate of drug-likeness (QED) is 0.868. The molecule has 1 aliphatic heterocycles. The van der Waals surface area contributed by atoms with E-state index < -0.39 is 15.9 Å². The Hall–Kier alpha value is -2.51. The maximum Gasteiger partial charge on any atom is 0.251 e. The zero-order valence-electron chi connectivity index (χ0n) is 14.7. The monoisotopic (exact) mass is 371 g/mol. The molecule has 0 aliphatic carbocycles. The fourth-order valence-electron chi connectivity index (χ4n) is 2.79. The third-order valence-electron chi connectivity index (χ3n) is 3.99. The molecule has 2 heterocycles. The van der Waals surface area contributed by atoms with Gasteiger partial charge in [0.15, 0.2) is 9.84 Å². The van der Waals surface area contributed by atoms with E-state index in [0.717, 1.165) is 28.8 Å². The molecule has 26 heavy (non-hydrogen) atoms. The van der Waals surface area contributed by atoms with Gasteiger partial charge >= 0.3 is 0 Å². The largest absolute Gasteiger partial charge is 0.345 e. The van der Waals surface area contributed by atoms with Crippen LogP contribution in [-0.4, -0.2) is 50.1 Å². The molecular weight excluding hydrogens is 350 g/mol. The van der Waals surface area contributed by atoms with Gasteiger partial charge in [-0.3, -0.25) is 9.78 Å². The Labute approximate surface area is 153 Å². The number of sulfone groups is 1. The van der Waals surface area contributed by atoms with Gasteiger partial charge in [0.1, 0.15) is 0 Å². The van der Waals surface area contributed by atoms with E-state index >= 15 is 0 Å². The zero-order valence-corrected chi connectivity index (χ0v) is 15.5. The lowest BCUT2D eigenvalue weighted by Crippen LogP contribution is -2.35. The highest BCUT2D eigenvalue weighted by Crippen LogP contribution is 2.19. The summed E-state index contributed by atoms with van der Waals surface area (Å²) in [5.74, 6) is -0.393. The third-order valence-corrected chi connectivity index (χ3v) is 5.39. The highest BCUT2D eigenvalue weighted by Gasteiger charge is 2.23. The summed E-state index contributed by atoms with van der Waals surface area (Å²) in [4.78, 5) is 18.9.